The molecule has 0 saturated carbocycles. The molecule has 1 aliphatic heterocycles. The summed E-state index contributed by atoms with van der Waals surface area (Å²) < 4.78 is 0. The van der Waals surface area contributed by atoms with Gasteiger partial charge in [0.05, 0.1) is 11.6 Å². The van der Waals surface area contributed by atoms with Crippen LogP contribution in [0.3, 0.4) is 0 Å². The largest absolute Gasteiger partial charge is 0.388 e. The Morgan fingerprint density at radius 3 is 2.20 bits per heavy atom. The fourth-order valence-corrected chi connectivity index (χ4v) is 4.57. The third-order valence-electron chi connectivity index (χ3n) is 5.73. The second kappa shape index (κ2) is 5.99. The van der Waals surface area contributed by atoms with E-state index in [0.717, 1.165) is 19.4 Å². The fraction of sp³-hybridized carbons (Fsp3) is 0.409. The van der Waals surface area contributed by atoms with Crippen molar-refractivity contribution in [1.82, 2.24) is 4.90 Å². The molecule has 2 aliphatic rings. The molecule has 2 aromatic rings. The number of amides is 1. The van der Waals surface area contributed by atoms with Gasteiger partial charge < -0.3 is 10.0 Å². The summed E-state index contributed by atoms with van der Waals surface area (Å²) in [5.74, 6) is 0.268. The molecule has 0 aromatic heterocycles. The number of nitrogens with zero attached hydrogens (tertiary/aromatic N) is 1. The zero-order chi connectivity index (χ0) is 17.6. The summed E-state index contributed by atoms with van der Waals surface area (Å²) in [4.78, 5) is 15.0. The number of rotatable bonds is 3. The average molecular weight is 335 g/mol. The summed E-state index contributed by atoms with van der Waals surface area (Å²) in [6, 6.07) is 16.7. The van der Waals surface area contributed by atoms with Crippen LogP contribution >= 0.6 is 0 Å². The second-order valence-corrected chi connectivity index (χ2v) is 7.83. The molecule has 130 valence electrons. The van der Waals surface area contributed by atoms with Crippen molar-refractivity contribution in [3.8, 4) is 11.1 Å². The fourth-order valence-electron chi connectivity index (χ4n) is 4.57. The molecule has 1 atom stereocenters. The molecule has 1 fully saturated rings. The van der Waals surface area contributed by atoms with E-state index in [1.807, 2.05) is 18.7 Å². The molecule has 0 spiro atoms. The lowest BCUT2D eigenvalue weighted by Crippen LogP contribution is -2.48. The number of likely N-dealkylation sites (tertiary alicyclic amines) is 1. The highest BCUT2D eigenvalue weighted by Crippen LogP contribution is 2.46. The van der Waals surface area contributed by atoms with Crippen LogP contribution in [0.2, 0.25) is 0 Å². The van der Waals surface area contributed by atoms with Crippen molar-refractivity contribution in [1.29, 1.82) is 0 Å². The summed E-state index contributed by atoms with van der Waals surface area (Å²) in [6.45, 7) is 4.37. The molecule has 1 saturated heterocycles. The van der Waals surface area contributed by atoms with Crippen molar-refractivity contribution in [3.05, 3.63) is 59.7 Å². The number of hydrogen-bond donors (Lipinski definition) is 1. The van der Waals surface area contributed by atoms with Gasteiger partial charge in [-0.05, 0) is 48.9 Å². The van der Waals surface area contributed by atoms with E-state index >= 15 is 0 Å². The van der Waals surface area contributed by atoms with Crippen molar-refractivity contribution in [3.63, 3.8) is 0 Å². The van der Waals surface area contributed by atoms with E-state index in [1.54, 1.807) is 0 Å². The average Bonchev–Trinajstić information content (AvgIpc) is 3.19. The maximum absolute atomic E-state index is 13.1. The molecule has 0 bridgehead atoms. The van der Waals surface area contributed by atoms with E-state index in [0.29, 0.717) is 6.42 Å². The molecule has 4 rings (SSSR count). The third kappa shape index (κ3) is 2.77. The molecule has 0 unspecified atom stereocenters. The standard InChI is InChI=1S/C22H25NO2/c1-22(2,25)20-12-7-13-23(20)21(24)14-19-17-10-5-3-8-15(17)16-9-4-6-11-18(16)19/h3-6,8-11,19-20,25H,7,12-14H2,1-2H3/t20-/m1/s1. The first-order valence-electron chi connectivity index (χ1n) is 9.17. The normalized spacial score (nSPS) is 19.8. The zero-order valence-corrected chi connectivity index (χ0v) is 14.9. The smallest absolute Gasteiger partial charge is 0.223 e. The Morgan fingerprint density at radius 1 is 1.08 bits per heavy atom. The first-order valence-corrected chi connectivity index (χ1v) is 9.17. The van der Waals surface area contributed by atoms with Crippen LogP contribution in [0.25, 0.3) is 11.1 Å². The zero-order valence-electron chi connectivity index (χ0n) is 14.9. The minimum absolute atomic E-state index is 0.0770. The van der Waals surface area contributed by atoms with E-state index in [4.69, 9.17) is 0 Å². The highest BCUT2D eigenvalue weighted by molar-refractivity contribution is 5.84. The Hall–Kier alpha value is -2.13. The van der Waals surface area contributed by atoms with Gasteiger partial charge in [0.1, 0.15) is 0 Å². The van der Waals surface area contributed by atoms with Crippen molar-refractivity contribution in [2.75, 3.05) is 6.54 Å². The number of carbonyl (C=O) groups excluding carboxylic acids is 1. The van der Waals surface area contributed by atoms with E-state index < -0.39 is 5.60 Å². The molecular formula is C22H25NO2. The van der Waals surface area contributed by atoms with Gasteiger partial charge >= 0.3 is 0 Å². The number of aliphatic hydroxyl groups is 1. The van der Waals surface area contributed by atoms with Crippen molar-refractivity contribution in [2.45, 2.75) is 50.7 Å². The summed E-state index contributed by atoms with van der Waals surface area (Å²) in [5.41, 5.74) is 4.14. The van der Waals surface area contributed by atoms with Gasteiger partial charge in [-0.25, -0.2) is 0 Å². The van der Waals surface area contributed by atoms with Gasteiger partial charge in [0.25, 0.3) is 0 Å². The topological polar surface area (TPSA) is 40.5 Å². The predicted molar refractivity (Wildman–Crippen MR) is 99.4 cm³/mol. The van der Waals surface area contributed by atoms with Crippen LogP contribution in [0.4, 0.5) is 0 Å². The number of benzene rings is 2. The van der Waals surface area contributed by atoms with Crippen molar-refractivity contribution >= 4 is 5.91 Å². The Kier molecular flexibility index (Phi) is 3.92. The molecule has 25 heavy (non-hydrogen) atoms. The molecule has 3 heteroatoms. The van der Waals surface area contributed by atoms with Gasteiger partial charge in [0, 0.05) is 18.9 Å². The summed E-state index contributed by atoms with van der Waals surface area (Å²) in [5, 5.41) is 10.4. The van der Waals surface area contributed by atoms with Gasteiger partial charge in [0.2, 0.25) is 5.91 Å². The highest BCUT2D eigenvalue weighted by atomic mass is 16.3. The minimum atomic E-state index is -0.850. The first-order chi connectivity index (χ1) is 12.0. The Morgan fingerprint density at radius 2 is 1.64 bits per heavy atom. The minimum Gasteiger partial charge on any atom is -0.388 e. The van der Waals surface area contributed by atoms with Crippen LogP contribution in [0.15, 0.2) is 48.5 Å². The van der Waals surface area contributed by atoms with E-state index in [2.05, 4.69) is 48.5 Å². The lowest BCUT2D eigenvalue weighted by molar-refractivity contribution is -0.136. The quantitative estimate of drug-likeness (QED) is 0.922. The number of fused-ring (bicyclic) bond motifs is 3. The molecule has 1 N–H and O–H groups in total. The summed E-state index contributed by atoms with van der Waals surface area (Å²) in [6.07, 6.45) is 2.33. The Balaban J connectivity index is 1.64. The van der Waals surface area contributed by atoms with Crippen LogP contribution in [0, 0.1) is 0 Å². The second-order valence-electron chi connectivity index (χ2n) is 7.83. The number of carbonyl (C=O) groups is 1. The van der Waals surface area contributed by atoms with E-state index in [1.165, 1.54) is 22.3 Å². The van der Waals surface area contributed by atoms with E-state index in [9.17, 15) is 9.90 Å². The van der Waals surface area contributed by atoms with Gasteiger partial charge in [-0.2, -0.15) is 0 Å². The molecular weight excluding hydrogens is 310 g/mol. The van der Waals surface area contributed by atoms with Gasteiger partial charge in [-0.1, -0.05) is 48.5 Å². The van der Waals surface area contributed by atoms with Crippen LogP contribution in [-0.2, 0) is 4.79 Å². The molecule has 1 heterocycles. The SMILES string of the molecule is CC(C)(O)[C@H]1CCCN1C(=O)CC1c2ccccc2-c2ccccc21. The monoisotopic (exact) mass is 335 g/mol. The van der Waals surface area contributed by atoms with Crippen molar-refractivity contribution < 1.29 is 9.90 Å². The molecule has 0 radical (unpaired) electrons. The van der Waals surface area contributed by atoms with Crippen LogP contribution < -0.4 is 0 Å². The number of hydrogen-bond acceptors (Lipinski definition) is 2. The lowest BCUT2D eigenvalue weighted by atomic mass is 9.92. The van der Waals surface area contributed by atoms with Crippen molar-refractivity contribution in [2.24, 2.45) is 0 Å². The maximum atomic E-state index is 13.1. The Labute approximate surface area is 149 Å². The molecule has 1 aliphatic carbocycles. The Bertz CT molecular complexity index is 760. The molecule has 1 amide bonds. The highest BCUT2D eigenvalue weighted by Gasteiger charge is 2.40. The predicted octanol–water partition coefficient (Wildman–Crippen LogP) is 3.95. The molecule has 3 nitrogen and oxygen atoms in total. The van der Waals surface area contributed by atoms with Crippen LogP contribution in [0.5, 0.6) is 0 Å². The third-order valence-corrected chi connectivity index (χ3v) is 5.73. The van der Waals surface area contributed by atoms with Gasteiger partial charge in [0.15, 0.2) is 0 Å². The summed E-state index contributed by atoms with van der Waals surface area (Å²) >= 11 is 0. The first kappa shape index (κ1) is 16.3. The summed E-state index contributed by atoms with van der Waals surface area (Å²) in [7, 11) is 0. The maximum Gasteiger partial charge on any atom is 0.223 e. The van der Waals surface area contributed by atoms with Gasteiger partial charge in [-0.15, -0.1) is 0 Å². The molecule has 2 aromatic carbocycles. The van der Waals surface area contributed by atoms with Crippen LogP contribution in [0.1, 0.15) is 50.2 Å². The van der Waals surface area contributed by atoms with Gasteiger partial charge in [-0.3, -0.25) is 4.79 Å². The van der Waals surface area contributed by atoms with E-state index in [-0.39, 0.29) is 17.9 Å². The lowest BCUT2D eigenvalue weighted by Gasteiger charge is -2.34. The van der Waals surface area contributed by atoms with Crippen LogP contribution in [-0.4, -0.2) is 34.1 Å².